The topological polar surface area (TPSA) is 61.8 Å². The smallest absolute Gasteiger partial charge is 0.349 e. The molecule has 0 spiro atoms. The van der Waals surface area contributed by atoms with Gasteiger partial charge in [-0.25, -0.2) is 10.2 Å². The third-order valence-electron chi connectivity index (χ3n) is 8.95. The second-order valence-corrected chi connectivity index (χ2v) is 14.5. The molecule has 1 aliphatic carbocycles. The zero-order valence-corrected chi connectivity index (χ0v) is 26.2. The first kappa shape index (κ1) is 28.4. The summed E-state index contributed by atoms with van der Waals surface area (Å²) >= 11 is 1.51. The molecule has 1 saturated carbocycles. The lowest BCUT2D eigenvalue weighted by Gasteiger charge is -2.39. The van der Waals surface area contributed by atoms with E-state index in [0.717, 1.165) is 18.0 Å². The minimum Gasteiger partial charge on any atom is -0.492 e. The Morgan fingerprint density at radius 1 is 1.07 bits per heavy atom. The van der Waals surface area contributed by atoms with E-state index in [1.54, 1.807) is 9.31 Å². The Bertz CT molecular complexity index is 1430. The molecule has 3 heterocycles. The molecule has 8 heteroatoms. The molecule has 2 aromatic carbocycles. The molecule has 3 aliphatic rings. The zero-order valence-electron chi connectivity index (χ0n) is 25.4. The van der Waals surface area contributed by atoms with Crippen molar-refractivity contribution in [2.45, 2.75) is 96.1 Å². The van der Waals surface area contributed by atoms with Crippen LogP contribution in [0.3, 0.4) is 0 Å². The van der Waals surface area contributed by atoms with E-state index in [1.807, 2.05) is 7.05 Å². The van der Waals surface area contributed by atoms with Gasteiger partial charge in [-0.05, 0) is 81.3 Å². The Morgan fingerprint density at radius 2 is 1.83 bits per heavy atom. The highest BCUT2D eigenvalue weighted by molar-refractivity contribution is 7.98. The van der Waals surface area contributed by atoms with Crippen LogP contribution in [0.1, 0.15) is 78.2 Å². The number of hydrazine groups is 1. The summed E-state index contributed by atoms with van der Waals surface area (Å²) in [5.74, 6) is 1.69. The number of urea groups is 1. The summed E-state index contributed by atoms with van der Waals surface area (Å²) in [6, 6.07) is 15.2. The summed E-state index contributed by atoms with van der Waals surface area (Å²) < 4.78 is 10.9. The normalized spacial score (nSPS) is 23.5. The largest absolute Gasteiger partial charge is 0.492 e. The highest BCUT2D eigenvalue weighted by atomic mass is 32.2. The molecule has 1 unspecified atom stereocenters. The van der Waals surface area contributed by atoms with Crippen molar-refractivity contribution < 1.29 is 9.53 Å². The van der Waals surface area contributed by atoms with Crippen LogP contribution in [-0.2, 0) is 6.54 Å². The Morgan fingerprint density at radius 3 is 2.59 bits per heavy atom. The van der Waals surface area contributed by atoms with Crippen LogP contribution in [-0.4, -0.2) is 45.6 Å². The average Bonchev–Trinajstić information content (AvgIpc) is 3.24. The molecular weight excluding hydrogens is 530 g/mol. The minimum absolute atomic E-state index is 0.0924. The molecule has 3 aromatic rings. The van der Waals surface area contributed by atoms with E-state index >= 15 is 0 Å². The first-order chi connectivity index (χ1) is 19.6. The van der Waals surface area contributed by atoms with E-state index in [2.05, 4.69) is 92.4 Å². The third kappa shape index (κ3) is 5.46. The van der Waals surface area contributed by atoms with Gasteiger partial charge in [-0.2, -0.15) is 4.41 Å². The summed E-state index contributed by atoms with van der Waals surface area (Å²) in [4.78, 5) is 15.7. The number of carbonyl (C=O) groups is 1. The number of rotatable bonds is 3. The molecule has 2 N–H and O–H groups in total. The van der Waals surface area contributed by atoms with Crippen molar-refractivity contribution in [2.75, 3.05) is 18.6 Å². The van der Waals surface area contributed by atoms with Crippen LogP contribution < -0.4 is 20.4 Å². The first-order valence-electron chi connectivity index (χ1n) is 15.3. The van der Waals surface area contributed by atoms with E-state index < -0.39 is 5.66 Å². The van der Waals surface area contributed by atoms with E-state index in [0.29, 0.717) is 12.5 Å². The van der Waals surface area contributed by atoms with Crippen LogP contribution in [0.2, 0.25) is 0 Å². The monoisotopic (exact) mass is 575 g/mol. The molecule has 41 heavy (non-hydrogen) atoms. The van der Waals surface area contributed by atoms with Gasteiger partial charge >= 0.3 is 6.03 Å². The van der Waals surface area contributed by atoms with Gasteiger partial charge in [0.05, 0.1) is 23.5 Å². The summed E-state index contributed by atoms with van der Waals surface area (Å²) in [5, 5.41) is 5.36. The van der Waals surface area contributed by atoms with Crippen molar-refractivity contribution in [2.24, 2.45) is 5.92 Å². The first-order valence-corrected chi connectivity index (χ1v) is 16.1. The van der Waals surface area contributed by atoms with E-state index in [4.69, 9.17) is 4.74 Å². The molecule has 220 valence electrons. The summed E-state index contributed by atoms with van der Waals surface area (Å²) in [6.07, 6.45) is 6.32. The van der Waals surface area contributed by atoms with E-state index in [-0.39, 0.29) is 23.2 Å². The average molecular weight is 576 g/mol. The number of carbonyl (C=O) groups excluding carboxylic acids is 1. The fourth-order valence-electron chi connectivity index (χ4n) is 6.98. The molecule has 2 amide bonds. The molecule has 6 rings (SSSR count). The molecule has 0 radical (unpaired) electrons. The molecule has 0 saturated heterocycles. The quantitative estimate of drug-likeness (QED) is 0.317. The van der Waals surface area contributed by atoms with Gasteiger partial charge in [-0.3, -0.25) is 10.2 Å². The Balaban J connectivity index is 1.60. The van der Waals surface area contributed by atoms with Crippen molar-refractivity contribution >= 4 is 34.6 Å². The fraction of sp³-hybridized carbons (Fsp3) is 0.545. The van der Waals surface area contributed by atoms with Crippen molar-refractivity contribution in [1.82, 2.24) is 19.7 Å². The van der Waals surface area contributed by atoms with Crippen molar-refractivity contribution in [3.05, 3.63) is 48.0 Å². The molecule has 1 fully saturated rings. The van der Waals surface area contributed by atoms with Gasteiger partial charge in [0, 0.05) is 47.4 Å². The van der Waals surface area contributed by atoms with Crippen LogP contribution in [0.5, 0.6) is 5.75 Å². The SMILES string of the molecule is CC(C)SN1NC(C)(C)NC(C)[C@H]2COc3ccccc3-c3c(C4CCCCC4)c4ccc(cc4n3C2)N(C)C1=O. The Kier molecular flexibility index (Phi) is 7.76. The number of hydrogen-bond donors (Lipinski definition) is 2. The fourth-order valence-corrected chi connectivity index (χ4v) is 7.90. The van der Waals surface area contributed by atoms with Crippen LogP contribution >= 0.6 is 11.9 Å². The highest BCUT2D eigenvalue weighted by Gasteiger charge is 2.35. The minimum atomic E-state index is -0.535. The number of para-hydroxylation sites is 1. The number of benzene rings is 2. The summed E-state index contributed by atoms with van der Waals surface area (Å²) in [7, 11) is 1.88. The maximum absolute atomic E-state index is 14.0. The van der Waals surface area contributed by atoms with Crippen LogP contribution in [0.4, 0.5) is 10.5 Å². The van der Waals surface area contributed by atoms with Gasteiger partial charge in [0.15, 0.2) is 0 Å². The van der Waals surface area contributed by atoms with Crippen molar-refractivity contribution in [3.8, 4) is 17.0 Å². The Labute approximate surface area is 249 Å². The Hall–Kier alpha value is -2.68. The number of hydrogen-bond acceptors (Lipinski definition) is 5. The van der Waals surface area contributed by atoms with Gasteiger partial charge in [0.1, 0.15) is 5.75 Å². The molecule has 2 aliphatic heterocycles. The molecule has 1 aromatic heterocycles. The van der Waals surface area contributed by atoms with Gasteiger partial charge in [0.2, 0.25) is 0 Å². The number of nitrogens with zero attached hydrogens (tertiary/aromatic N) is 3. The molecule has 7 nitrogen and oxygen atoms in total. The van der Waals surface area contributed by atoms with Gasteiger partial charge in [0.25, 0.3) is 0 Å². The van der Waals surface area contributed by atoms with Gasteiger partial charge < -0.3 is 9.30 Å². The third-order valence-corrected chi connectivity index (χ3v) is 9.83. The van der Waals surface area contributed by atoms with Crippen LogP contribution in [0.15, 0.2) is 42.5 Å². The number of nitrogens with one attached hydrogen (secondary N) is 2. The summed E-state index contributed by atoms with van der Waals surface area (Å²) in [6.45, 7) is 12.1. The predicted octanol–water partition coefficient (Wildman–Crippen LogP) is 7.51. The number of fused-ring (bicyclic) bond motifs is 4. The second-order valence-electron chi connectivity index (χ2n) is 12.9. The molecule has 4 bridgehead atoms. The number of anilines is 1. The van der Waals surface area contributed by atoms with Crippen LogP contribution in [0.25, 0.3) is 22.2 Å². The highest BCUT2D eigenvalue weighted by Crippen LogP contribution is 2.48. The maximum Gasteiger partial charge on any atom is 0.349 e. The predicted molar refractivity (Wildman–Crippen MR) is 170 cm³/mol. The van der Waals surface area contributed by atoms with Gasteiger partial charge in [-0.1, -0.05) is 51.3 Å². The standard InChI is InChI=1S/C33H45N5O2S/c1-21(2)41-38-32(39)36(6)25-16-17-26-28(18-25)37-19-24(22(3)34-33(4,5)35-38)20-40-29-15-11-10-14-27(29)31(37)30(26)23-12-8-7-9-13-23/h10-11,14-18,21-24,34-35H,7-9,12-13,19-20H2,1-6H3/t22?,24-/m1/s1. The van der Waals surface area contributed by atoms with Gasteiger partial charge in [-0.15, -0.1) is 0 Å². The van der Waals surface area contributed by atoms with Crippen molar-refractivity contribution in [3.63, 3.8) is 0 Å². The second kappa shape index (κ2) is 11.2. The number of ether oxygens (including phenoxy) is 1. The number of aromatic nitrogens is 1. The van der Waals surface area contributed by atoms with Crippen molar-refractivity contribution in [1.29, 1.82) is 0 Å². The molecule has 2 atom stereocenters. The lowest BCUT2D eigenvalue weighted by Crippen LogP contribution is -2.63. The van der Waals surface area contributed by atoms with E-state index in [9.17, 15) is 4.79 Å². The van der Waals surface area contributed by atoms with E-state index in [1.165, 1.54) is 71.8 Å². The molecular formula is C33H45N5O2S. The number of amides is 2. The van der Waals surface area contributed by atoms with Crippen LogP contribution in [0, 0.1) is 5.92 Å². The lowest BCUT2D eigenvalue weighted by molar-refractivity contribution is 0.137. The zero-order chi connectivity index (χ0) is 28.9. The summed E-state index contributed by atoms with van der Waals surface area (Å²) in [5.41, 5.74) is 9.02. The lowest BCUT2D eigenvalue weighted by atomic mass is 9.81. The maximum atomic E-state index is 14.0.